The van der Waals surface area contributed by atoms with E-state index in [0.717, 1.165) is 5.56 Å². The van der Waals surface area contributed by atoms with Gasteiger partial charge in [-0.15, -0.1) is 0 Å². The van der Waals surface area contributed by atoms with E-state index in [-0.39, 0.29) is 24.0 Å². The Balaban J connectivity index is 2.71. The van der Waals surface area contributed by atoms with Crippen molar-refractivity contribution in [3.8, 4) is 0 Å². The molecule has 0 aliphatic carbocycles. The fourth-order valence-corrected chi connectivity index (χ4v) is 2.41. The summed E-state index contributed by atoms with van der Waals surface area (Å²) < 4.78 is 24.9. The number of sulfonamides is 1. The van der Waals surface area contributed by atoms with Crippen molar-refractivity contribution in [3.63, 3.8) is 0 Å². The highest BCUT2D eigenvalue weighted by atomic mass is 32.2. The molecule has 1 aromatic rings. The maximum Gasteiger partial charge on any atom is 0.269 e. The van der Waals surface area contributed by atoms with Crippen LogP contribution in [0.4, 0.5) is 5.69 Å². The summed E-state index contributed by atoms with van der Waals surface area (Å²) in [6.07, 6.45) is 0.709. The highest BCUT2D eigenvalue weighted by Crippen LogP contribution is 2.21. The van der Waals surface area contributed by atoms with Crippen molar-refractivity contribution in [1.29, 1.82) is 0 Å². The molecule has 0 fully saturated rings. The van der Waals surface area contributed by atoms with E-state index >= 15 is 0 Å². The summed E-state index contributed by atoms with van der Waals surface area (Å²) in [5.41, 5.74) is 0.814. The number of nitrogens with one attached hydrogen (secondary N) is 2. The Morgan fingerprint density at radius 2 is 2.10 bits per heavy atom. The van der Waals surface area contributed by atoms with Gasteiger partial charge in [0.05, 0.1) is 10.7 Å². The zero-order valence-electron chi connectivity index (χ0n) is 11.5. The van der Waals surface area contributed by atoms with Crippen LogP contribution in [0.1, 0.15) is 24.9 Å². The van der Waals surface area contributed by atoms with Gasteiger partial charge in [0, 0.05) is 24.7 Å². The minimum atomic E-state index is -3.25. The highest BCUT2D eigenvalue weighted by molar-refractivity contribution is 7.89. The van der Waals surface area contributed by atoms with Crippen LogP contribution in [0.2, 0.25) is 0 Å². The smallest absolute Gasteiger partial charge is 0.269 e. The second kappa shape index (κ2) is 7.32. The van der Waals surface area contributed by atoms with Crippen LogP contribution in [0, 0.1) is 10.1 Å². The molecule has 0 amide bonds. The third-order valence-corrected chi connectivity index (χ3v) is 4.33. The Kier molecular flexibility index (Phi) is 6.05. The van der Waals surface area contributed by atoms with E-state index in [0.29, 0.717) is 6.42 Å². The molecular weight excluding hydrogens is 282 g/mol. The topological polar surface area (TPSA) is 101 Å². The lowest BCUT2D eigenvalue weighted by atomic mass is 10.0. The van der Waals surface area contributed by atoms with Crippen LogP contribution >= 0.6 is 0 Å². The van der Waals surface area contributed by atoms with Crippen LogP contribution < -0.4 is 10.0 Å². The molecule has 2 N–H and O–H groups in total. The third-order valence-electron chi connectivity index (χ3n) is 2.96. The Hall–Kier alpha value is -1.51. The quantitative estimate of drug-likeness (QED) is 0.554. The number of nitro benzene ring substituents is 1. The lowest BCUT2D eigenvalue weighted by molar-refractivity contribution is -0.384. The first kappa shape index (κ1) is 16.5. The Bertz CT molecular complexity index is 560. The number of benzene rings is 1. The summed E-state index contributed by atoms with van der Waals surface area (Å²) in [5, 5.41) is 13.8. The molecule has 8 heteroatoms. The monoisotopic (exact) mass is 301 g/mol. The average Bonchev–Trinajstić information content (AvgIpc) is 2.43. The summed E-state index contributed by atoms with van der Waals surface area (Å²) in [7, 11) is -1.88. The van der Waals surface area contributed by atoms with E-state index in [2.05, 4.69) is 10.0 Å². The van der Waals surface area contributed by atoms with Crippen molar-refractivity contribution in [3.05, 3.63) is 39.9 Å². The number of hydrogen-bond donors (Lipinski definition) is 2. The fraction of sp³-hybridized carbons (Fsp3) is 0.500. The van der Waals surface area contributed by atoms with Gasteiger partial charge in [-0.1, -0.05) is 19.1 Å². The molecule has 0 saturated carbocycles. The minimum Gasteiger partial charge on any atom is -0.309 e. The standard InChI is InChI=1S/C12H19N3O4S/c1-3-12(14-7-8-20(18,19)13-2)10-5-4-6-11(9-10)15(16)17/h4-6,9,12-14H,3,7-8H2,1-2H3. The Labute approximate surface area is 118 Å². The second-order valence-electron chi connectivity index (χ2n) is 4.29. The molecule has 0 heterocycles. The Morgan fingerprint density at radius 1 is 1.40 bits per heavy atom. The van der Waals surface area contributed by atoms with Gasteiger partial charge in [0.2, 0.25) is 10.0 Å². The lowest BCUT2D eigenvalue weighted by Crippen LogP contribution is -2.31. The molecule has 0 radical (unpaired) electrons. The first-order chi connectivity index (χ1) is 9.39. The number of hydrogen-bond acceptors (Lipinski definition) is 5. The van der Waals surface area contributed by atoms with Gasteiger partial charge < -0.3 is 5.32 Å². The molecule has 1 unspecified atom stereocenters. The third kappa shape index (κ3) is 4.87. The predicted molar refractivity (Wildman–Crippen MR) is 77.0 cm³/mol. The molecule has 112 valence electrons. The van der Waals surface area contributed by atoms with Gasteiger partial charge in [-0.05, 0) is 19.0 Å². The molecule has 0 aliphatic rings. The number of nitrogens with zero attached hydrogens (tertiary/aromatic N) is 1. The lowest BCUT2D eigenvalue weighted by Gasteiger charge is -2.17. The van der Waals surface area contributed by atoms with Crippen LogP contribution in [-0.2, 0) is 10.0 Å². The first-order valence-corrected chi connectivity index (χ1v) is 7.93. The molecule has 1 atom stereocenters. The molecule has 20 heavy (non-hydrogen) atoms. The molecule has 0 spiro atoms. The van der Waals surface area contributed by atoms with Crippen molar-refractivity contribution in [2.45, 2.75) is 19.4 Å². The van der Waals surface area contributed by atoms with Crippen molar-refractivity contribution in [1.82, 2.24) is 10.0 Å². The second-order valence-corrected chi connectivity index (χ2v) is 6.34. The van der Waals surface area contributed by atoms with Gasteiger partial charge in [0.25, 0.3) is 5.69 Å². The molecule has 0 aromatic heterocycles. The van der Waals surface area contributed by atoms with Gasteiger partial charge in [-0.3, -0.25) is 10.1 Å². The van der Waals surface area contributed by atoms with Crippen LogP contribution in [0.3, 0.4) is 0 Å². The van der Waals surface area contributed by atoms with E-state index in [9.17, 15) is 18.5 Å². The average molecular weight is 301 g/mol. The Morgan fingerprint density at radius 3 is 2.65 bits per heavy atom. The molecule has 0 aliphatic heterocycles. The minimum absolute atomic E-state index is 0.0328. The van der Waals surface area contributed by atoms with Gasteiger partial charge >= 0.3 is 0 Å². The van der Waals surface area contributed by atoms with Gasteiger partial charge in [-0.25, -0.2) is 13.1 Å². The number of non-ortho nitro benzene ring substituents is 1. The van der Waals surface area contributed by atoms with Crippen LogP contribution in [0.5, 0.6) is 0 Å². The summed E-state index contributed by atoms with van der Waals surface area (Å²) in [5.74, 6) is -0.0328. The molecule has 7 nitrogen and oxygen atoms in total. The van der Waals surface area contributed by atoms with Gasteiger partial charge in [0.1, 0.15) is 0 Å². The van der Waals surface area contributed by atoms with Crippen molar-refractivity contribution in [2.24, 2.45) is 0 Å². The van der Waals surface area contributed by atoms with Crippen molar-refractivity contribution >= 4 is 15.7 Å². The zero-order chi connectivity index (χ0) is 15.2. The summed E-state index contributed by atoms with van der Waals surface area (Å²) in [4.78, 5) is 10.3. The van der Waals surface area contributed by atoms with Crippen LogP contribution in [0.25, 0.3) is 0 Å². The zero-order valence-corrected chi connectivity index (χ0v) is 12.3. The molecule has 0 bridgehead atoms. The molecule has 0 saturated heterocycles. The van der Waals surface area contributed by atoms with E-state index < -0.39 is 14.9 Å². The SMILES string of the molecule is CCC(NCCS(=O)(=O)NC)c1cccc([N+](=O)[O-])c1. The predicted octanol–water partition coefficient (Wildman–Crippen LogP) is 1.18. The van der Waals surface area contributed by atoms with Crippen molar-refractivity contribution < 1.29 is 13.3 Å². The summed E-state index contributed by atoms with van der Waals surface area (Å²) in [6, 6.07) is 6.25. The first-order valence-electron chi connectivity index (χ1n) is 6.28. The summed E-state index contributed by atoms with van der Waals surface area (Å²) >= 11 is 0. The van der Waals surface area contributed by atoms with Gasteiger partial charge in [0.15, 0.2) is 0 Å². The fourth-order valence-electron chi connectivity index (χ4n) is 1.82. The number of rotatable bonds is 8. The van der Waals surface area contributed by atoms with E-state index in [1.54, 1.807) is 12.1 Å². The maximum absolute atomic E-state index is 11.3. The summed E-state index contributed by atoms with van der Waals surface area (Å²) in [6.45, 7) is 2.22. The largest absolute Gasteiger partial charge is 0.309 e. The van der Waals surface area contributed by atoms with Gasteiger partial charge in [-0.2, -0.15) is 0 Å². The molecule has 1 rings (SSSR count). The van der Waals surface area contributed by atoms with E-state index in [1.807, 2.05) is 6.92 Å². The highest BCUT2D eigenvalue weighted by Gasteiger charge is 2.14. The number of nitro groups is 1. The maximum atomic E-state index is 11.3. The molecular formula is C12H19N3O4S. The van der Waals surface area contributed by atoms with Crippen LogP contribution in [0.15, 0.2) is 24.3 Å². The van der Waals surface area contributed by atoms with Crippen molar-refractivity contribution in [2.75, 3.05) is 19.3 Å². The van der Waals surface area contributed by atoms with E-state index in [1.165, 1.54) is 19.2 Å². The van der Waals surface area contributed by atoms with E-state index in [4.69, 9.17) is 0 Å². The normalized spacial score (nSPS) is 13.1. The van der Waals surface area contributed by atoms with Crippen LogP contribution in [-0.4, -0.2) is 32.7 Å². The molecule has 1 aromatic carbocycles.